The molecule has 0 saturated heterocycles. The monoisotopic (exact) mass is 260 g/mol. The fourth-order valence-corrected chi connectivity index (χ4v) is 2.42. The van der Waals surface area contributed by atoms with Crippen molar-refractivity contribution in [2.24, 2.45) is 0 Å². The Balaban J connectivity index is 2.92. The molecule has 90 valence electrons. The van der Waals surface area contributed by atoms with Crippen molar-refractivity contribution >= 4 is 19.7 Å². The normalized spacial score (nSPS) is 12.8. The molecule has 0 radical (unpaired) electrons. The van der Waals surface area contributed by atoms with Gasteiger partial charge in [-0.25, -0.2) is 8.42 Å². The van der Waals surface area contributed by atoms with Crippen LogP contribution in [0, 0.1) is 0 Å². The van der Waals surface area contributed by atoms with Crippen molar-refractivity contribution < 1.29 is 8.42 Å². The van der Waals surface area contributed by atoms with Crippen LogP contribution in [0.3, 0.4) is 0 Å². The lowest BCUT2D eigenvalue weighted by Crippen LogP contribution is -2.15. The van der Waals surface area contributed by atoms with E-state index in [0.717, 1.165) is 12.0 Å². The quantitative estimate of drug-likeness (QED) is 0.777. The molecule has 0 spiro atoms. The third-order valence-corrected chi connectivity index (χ3v) is 3.96. The second-order valence-electron chi connectivity index (χ2n) is 4.62. The van der Waals surface area contributed by atoms with Crippen molar-refractivity contribution in [2.75, 3.05) is 0 Å². The SMILES string of the molecule is CCC(C)(C)c1ccc(CS(=O)(=O)Cl)cc1. The zero-order chi connectivity index (χ0) is 12.4. The van der Waals surface area contributed by atoms with Gasteiger partial charge < -0.3 is 0 Å². The van der Waals surface area contributed by atoms with Crippen molar-refractivity contribution in [1.82, 2.24) is 0 Å². The summed E-state index contributed by atoms with van der Waals surface area (Å²) in [6, 6.07) is 7.60. The van der Waals surface area contributed by atoms with Crippen LogP contribution in [-0.4, -0.2) is 8.42 Å². The molecule has 0 aliphatic heterocycles. The summed E-state index contributed by atoms with van der Waals surface area (Å²) in [5.41, 5.74) is 2.06. The molecule has 1 aromatic carbocycles. The molecule has 1 rings (SSSR count). The van der Waals surface area contributed by atoms with Crippen LogP contribution in [0.2, 0.25) is 0 Å². The van der Waals surface area contributed by atoms with Gasteiger partial charge in [0.2, 0.25) is 9.05 Å². The van der Waals surface area contributed by atoms with Gasteiger partial charge in [0, 0.05) is 10.7 Å². The van der Waals surface area contributed by atoms with E-state index in [4.69, 9.17) is 10.7 Å². The van der Waals surface area contributed by atoms with Crippen LogP contribution in [-0.2, 0) is 20.2 Å². The van der Waals surface area contributed by atoms with E-state index in [2.05, 4.69) is 20.8 Å². The number of benzene rings is 1. The van der Waals surface area contributed by atoms with Gasteiger partial charge in [-0.15, -0.1) is 0 Å². The predicted molar refractivity (Wildman–Crippen MR) is 68.2 cm³/mol. The molecule has 16 heavy (non-hydrogen) atoms. The molecular weight excluding hydrogens is 244 g/mol. The van der Waals surface area contributed by atoms with E-state index in [-0.39, 0.29) is 11.2 Å². The average Bonchev–Trinajstić information content (AvgIpc) is 2.16. The summed E-state index contributed by atoms with van der Waals surface area (Å²) >= 11 is 0. The van der Waals surface area contributed by atoms with Gasteiger partial charge in [0.15, 0.2) is 0 Å². The number of hydrogen-bond acceptors (Lipinski definition) is 2. The predicted octanol–water partition coefficient (Wildman–Crippen LogP) is 3.44. The Labute approximate surface area is 102 Å². The molecule has 0 fully saturated rings. The van der Waals surface area contributed by atoms with E-state index in [1.54, 1.807) is 0 Å². The van der Waals surface area contributed by atoms with Gasteiger partial charge in [0.25, 0.3) is 0 Å². The summed E-state index contributed by atoms with van der Waals surface area (Å²) in [4.78, 5) is 0. The minimum atomic E-state index is -3.46. The molecule has 0 N–H and O–H groups in total. The zero-order valence-electron chi connectivity index (χ0n) is 9.83. The highest BCUT2D eigenvalue weighted by Crippen LogP contribution is 2.27. The Morgan fingerprint density at radius 1 is 1.19 bits per heavy atom. The average molecular weight is 261 g/mol. The maximum atomic E-state index is 10.9. The molecule has 0 saturated carbocycles. The van der Waals surface area contributed by atoms with Gasteiger partial charge in [-0.1, -0.05) is 45.0 Å². The summed E-state index contributed by atoms with van der Waals surface area (Å²) in [7, 11) is 1.74. The van der Waals surface area contributed by atoms with Crippen molar-refractivity contribution in [1.29, 1.82) is 0 Å². The Hall–Kier alpha value is -0.540. The van der Waals surface area contributed by atoms with Crippen LogP contribution in [0.1, 0.15) is 38.3 Å². The van der Waals surface area contributed by atoms with Crippen LogP contribution in [0.15, 0.2) is 24.3 Å². The Kier molecular flexibility index (Phi) is 4.02. The van der Waals surface area contributed by atoms with Gasteiger partial charge in [-0.2, -0.15) is 0 Å². The molecule has 0 heterocycles. The first-order valence-electron chi connectivity index (χ1n) is 5.26. The first-order valence-corrected chi connectivity index (χ1v) is 7.74. The highest BCUT2D eigenvalue weighted by Gasteiger charge is 2.17. The maximum Gasteiger partial charge on any atom is 0.236 e. The lowest BCUT2D eigenvalue weighted by Gasteiger charge is -2.23. The molecule has 0 bridgehead atoms. The van der Waals surface area contributed by atoms with Crippen molar-refractivity contribution in [3.63, 3.8) is 0 Å². The highest BCUT2D eigenvalue weighted by molar-refractivity contribution is 8.13. The van der Waals surface area contributed by atoms with E-state index < -0.39 is 9.05 Å². The van der Waals surface area contributed by atoms with Crippen LogP contribution in [0.25, 0.3) is 0 Å². The van der Waals surface area contributed by atoms with E-state index >= 15 is 0 Å². The Morgan fingerprint density at radius 2 is 1.69 bits per heavy atom. The molecule has 0 atom stereocenters. The van der Waals surface area contributed by atoms with Crippen LogP contribution in [0.4, 0.5) is 0 Å². The summed E-state index contributed by atoms with van der Waals surface area (Å²) in [6.45, 7) is 6.47. The van der Waals surface area contributed by atoms with Gasteiger partial charge >= 0.3 is 0 Å². The second-order valence-corrected chi connectivity index (χ2v) is 7.39. The smallest absolute Gasteiger partial charge is 0.212 e. The molecular formula is C12H17ClO2S. The molecule has 0 aliphatic rings. The fourth-order valence-electron chi connectivity index (χ4n) is 1.46. The van der Waals surface area contributed by atoms with Gasteiger partial charge in [0.05, 0.1) is 5.75 Å². The zero-order valence-corrected chi connectivity index (χ0v) is 11.4. The van der Waals surface area contributed by atoms with Crippen molar-refractivity contribution in [3.05, 3.63) is 35.4 Å². The van der Waals surface area contributed by atoms with Gasteiger partial charge in [-0.3, -0.25) is 0 Å². The van der Waals surface area contributed by atoms with Crippen LogP contribution in [0.5, 0.6) is 0 Å². The van der Waals surface area contributed by atoms with Gasteiger partial charge in [0.1, 0.15) is 0 Å². The number of rotatable bonds is 4. The van der Waals surface area contributed by atoms with E-state index in [9.17, 15) is 8.42 Å². The fraction of sp³-hybridized carbons (Fsp3) is 0.500. The lowest BCUT2D eigenvalue weighted by molar-refractivity contribution is 0.506. The number of halogens is 1. The van der Waals surface area contributed by atoms with Crippen molar-refractivity contribution in [3.8, 4) is 0 Å². The summed E-state index contributed by atoms with van der Waals surface area (Å²) in [6.07, 6.45) is 1.04. The highest BCUT2D eigenvalue weighted by atomic mass is 35.7. The first kappa shape index (κ1) is 13.5. The standard InChI is InChI=1S/C12H17ClO2S/c1-4-12(2,3)11-7-5-10(6-8-11)9-16(13,14)15/h5-8H,4,9H2,1-3H3. The van der Waals surface area contributed by atoms with Crippen LogP contribution < -0.4 is 0 Å². The molecule has 1 aromatic rings. The van der Waals surface area contributed by atoms with E-state index in [0.29, 0.717) is 0 Å². The molecule has 0 amide bonds. The molecule has 4 heteroatoms. The second kappa shape index (κ2) is 4.76. The molecule has 0 unspecified atom stereocenters. The van der Waals surface area contributed by atoms with E-state index in [1.165, 1.54) is 5.56 Å². The summed E-state index contributed by atoms with van der Waals surface area (Å²) in [5, 5.41) is 0. The lowest BCUT2D eigenvalue weighted by atomic mass is 9.82. The first-order chi connectivity index (χ1) is 7.24. The summed E-state index contributed by atoms with van der Waals surface area (Å²) < 4.78 is 21.8. The minimum Gasteiger partial charge on any atom is -0.212 e. The molecule has 0 aromatic heterocycles. The topological polar surface area (TPSA) is 34.1 Å². The van der Waals surface area contributed by atoms with Crippen LogP contribution >= 0.6 is 10.7 Å². The summed E-state index contributed by atoms with van der Waals surface area (Å²) in [5.74, 6) is -0.110. The Morgan fingerprint density at radius 3 is 2.06 bits per heavy atom. The van der Waals surface area contributed by atoms with Crippen molar-refractivity contribution in [2.45, 2.75) is 38.4 Å². The third-order valence-electron chi connectivity index (χ3n) is 2.96. The third kappa shape index (κ3) is 3.80. The molecule has 2 nitrogen and oxygen atoms in total. The molecule has 0 aliphatic carbocycles. The largest absolute Gasteiger partial charge is 0.236 e. The Bertz CT molecular complexity index is 446. The van der Waals surface area contributed by atoms with Gasteiger partial charge in [-0.05, 0) is 23.0 Å². The van der Waals surface area contributed by atoms with E-state index in [1.807, 2.05) is 24.3 Å². The maximum absolute atomic E-state index is 10.9. The number of hydrogen-bond donors (Lipinski definition) is 0. The minimum absolute atomic E-state index is 0.110.